The molecule has 1 heterocycles. The molecular weight excluding hydrogens is 338 g/mol. The molecule has 9 heteroatoms. The van der Waals surface area contributed by atoms with E-state index in [2.05, 4.69) is 20.8 Å². The zero-order chi connectivity index (χ0) is 16.1. The van der Waals surface area contributed by atoms with Gasteiger partial charge in [0.15, 0.2) is 0 Å². The third kappa shape index (κ3) is 4.84. The van der Waals surface area contributed by atoms with E-state index < -0.39 is 0 Å². The zero-order valence-electron chi connectivity index (χ0n) is 12.3. The number of amides is 1. The van der Waals surface area contributed by atoms with Gasteiger partial charge >= 0.3 is 0 Å². The highest BCUT2D eigenvalue weighted by atomic mass is 35.5. The quantitative estimate of drug-likeness (QED) is 0.577. The molecule has 23 heavy (non-hydrogen) atoms. The summed E-state index contributed by atoms with van der Waals surface area (Å²) in [6, 6.07) is 7.55. The maximum absolute atomic E-state index is 11.8. The Morgan fingerprint density at radius 2 is 2.35 bits per heavy atom. The first-order valence-corrected chi connectivity index (χ1v) is 8.64. The van der Waals surface area contributed by atoms with E-state index in [0.717, 1.165) is 12.8 Å². The SMILES string of the molecule is O=C(CSc1nnnn1C1CC1)NCCOc1cccc(Cl)c1. The van der Waals surface area contributed by atoms with Gasteiger partial charge in [0.05, 0.1) is 18.3 Å². The smallest absolute Gasteiger partial charge is 0.230 e. The maximum Gasteiger partial charge on any atom is 0.230 e. The molecule has 0 unspecified atom stereocenters. The van der Waals surface area contributed by atoms with E-state index in [1.54, 1.807) is 16.8 Å². The van der Waals surface area contributed by atoms with Crippen molar-refractivity contribution in [2.24, 2.45) is 0 Å². The number of hydrogen-bond acceptors (Lipinski definition) is 6. The van der Waals surface area contributed by atoms with E-state index in [1.165, 1.54) is 11.8 Å². The Bertz CT molecular complexity index is 677. The Kier molecular flexibility index (Phi) is 5.35. The fourth-order valence-corrected chi connectivity index (χ4v) is 2.88. The minimum atomic E-state index is -0.0740. The second kappa shape index (κ2) is 7.65. The van der Waals surface area contributed by atoms with Gasteiger partial charge in [0, 0.05) is 5.02 Å². The van der Waals surface area contributed by atoms with Crippen LogP contribution in [0.1, 0.15) is 18.9 Å². The van der Waals surface area contributed by atoms with Gasteiger partial charge in [0.2, 0.25) is 11.1 Å². The lowest BCUT2D eigenvalue weighted by atomic mass is 10.3. The molecule has 1 aliphatic rings. The topological polar surface area (TPSA) is 81.9 Å². The van der Waals surface area contributed by atoms with E-state index >= 15 is 0 Å². The molecule has 1 aromatic heterocycles. The molecule has 0 atom stereocenters. The summed E-state index contributed by atoms with van der Waals surface area (Å²) in [5, 5.41) is 15.7. The second-order valence-electron chi connectivity index (χ2n) is 5.08. The number of nitrogens with one attached hydrogen (secondary N) is 1. The van der Waals surface area contributed by atoms with Gasteiger partial charge in [0.25, 0.3) is 0 Å². The summed E-state index contributed by atoms with van der Waals surface area (Å²) in [7, 11) is 0. The van der Waals surface area contributed by atoms with E-state index in [4.69, 9.17) is 16.3 Å². The van der Waals surface area contributed by atoms with Crippen LogP contribution in [0.15, 0.2) is 29.4 Å². The van der Waals surface area contributed by atoms with Crippen molar-refractivity contribution in [3.63, 3.8) is 0 Å². The molecule has 1 N–H and O–H groups in total. The number of tetrazole rings is 1. The van der Waals surface area contributed by atoms with Crippen molar-refractivity contribution >= 4 is 29.3 Å². The fraction of sp³-hybridized carbons (Fsp3) is 0.429. The van der Waals surface area contributed by atoms with E-state index in [-0.39, 0.29) is 11.7 Å². The summed E-state index contributed by atoms with van der Waals surface area (Å²) >= 11 is 7.21. The summed E-state index contributed by atoms with van der Waals surface area (Å²) in [5.41, 5.74) is 0. The molecule has 1 aromatic carbocycles. The monoisotopic (exact) mass is 353 g/mol. The molecule has 1 aliphatic carbocycles. The Balaban J connectivity index is 1.34. The molecule has 0 spiro atoms. The summed E-state index contributed by atoms with van der Waals surface area (Å²) < 4.78 is 7.30. The predicted octanol–water partition coefficient (Wildman–Crippen LogP) is 1.95. The van der Waals surface area contributed by atoms with E-state index in [0.29, 0.717) is 35.1 Å². The minimum Gasteiger partial charge on any atom is -0.492 e. The molecule has 0 bridgehead atoms. The third-order valence-corrected chi connectivity index (χ3v) is 4.35. The molecule has 0 radical (unpaired) electrons. The van der Waals surface area contributed by atoms with E-state index in [9.17, 15) is 4.79 Å². The lowest BCUT2D eigenvalue weighted by Gasteiger charge is -2.08. The lowest BCUT2D eigenvalue weighted by Crippen LogP contribution is -2.29. The van der Waals surface area contributed by atoms with Crippen LogP contribution in [0.4, 0.5) is 0 Å². The van der Waals surface area contributed by atoms with Crippen molar-refractivity contribution in [3.8, 4) is 5.75 Å². The van der Waals surface area contributed by atoms with Gasteiger partial charge in [-0.1, -0.05) is 29.4 Å². The standard InChI is InChI=1S/C14H16ClN5O2S/c15-10-2-1-3-12(8-10)22-7-6-16-13(21)9-23-14-17-18-19-20(14)11-4-5-11/h1-3,8,11H,4-7,9H2,(H,16,21). The molecule has 3 rings (SSSR count). The van der Waals surface area contributed by atoms with Gasteiger partial charge in [-0.15, -0.1) is 5.10 Å². The Morgan fingerprint density at radius 1 is 1.48 bits per heavy atom. The largest absolute Gasteiger partial charge is 0.492 e. The molecule has 7 nitrogen and oxygen atoms in total. The number of halogens is 1. The van der Waals surface area contributed by atoms with Crippen LogP contribution in [0, 0.1) is 0 Å². The Morgan fingerprint density at radius 3 is 3.13 bits per heavy atom. The van der Waals surface area contributed by atoms with Crippen molar-refractivity contribution in [2.45, 2.75) is 24.0 Å². The second-order valence-corrected chi connectivity index (χ2v) is 6.46. The van der Waals surface area contributed by atoms with Crippen molar-refractivity contribution < 1.29 is 9.53 Å². The van der Waals surface area contributed by atoms with Crippen molar-refractivity contribution in [2.75, 3.05) is 18.9 Å². The predicted molar refractivity (Wildman–Crippen MR) is 86.8 cm³/mol. The van der Waals surface area contributed by atoms with Gasteiger partial charge in [-0.3, -0.25) is 4.79 Å². The molecule has 0 aliphatic heterocycles. The van der Waals surface area contributed by atoms with Crippen LogP contribution in [0.2, 0.25) is 5.02 Å². The number of carbonyl (C=O) groups excluding carboxylic acids is 1. The Hall–Kier alpha value is -1.80. The van der Waals surface area contributed by atoms with Crippen molar-refractivity contribution in [1.82, 2.24) is 25.5 Å². The van der Waals surface area contributed by atoms with E-state index in [1.807, 2.05) is 12.1 Å². The van der Waals surface area contributed by atoms with Gasteiger partial charge in [-0.25, -0.2) is 4.68 Å². The number of rotatable bonds is 8. The molecule has 1 fully saturated rings. The molecule has 1 saturated carbocycles. The molecular formula is C14H16ClN5O2S. The average Bonchev–Trinajstić information content (AvgIpc) is 3.28. The number of ether oxygens (including phenoxy) is 1. The maximum atomic E-state index is 11.8. The number of thioether (sulfide) groups is 1. The van der Waals surface area contributed by atoms with Gasteiger partial charge < -0.3 is 10.1 Å². The Labute approximate surface area is 142 Å². The molecule has 1 amide bonds. The highest BCUT2D eigenvalue weighted by Crippen LogP contribution is 2.36. The van der Waals surface area contributed by atoms with Crippen molar-refractivity contribution in [3.05, 3.63) is 29.3 Å². The van der Waals surface area contributed by atoms with Crippen LogP contribution in [0.3, 0.4) is 0 Å². The van der Waals surface area contributed by atoms with Crippen molar-refractivity contribution in [1.29, 1.82) is 0 Å². The fourth-order valence-electron chi connectivity index (χ4n) is 1.93. The summed E-state index contributed by atoms with van der Waals surface area (Å²) in [6.07, 6.45) is 2.21. The highest BCUT2D eigenvalue weighted by molar-refractivity contribution is 7.99. The number of nitrogens with zero attached hydrogens (tertiary/aromatic N) is 4. The number of carbonyl (C=O) groups is 1. The normalized spacial score (nSPS) is 13.8. The van der Waals surface area contributed by atoms with Gasteiger partial charge in [0.1, 0.15) is 12.4 Å². The lowest BCUT2D eigenvalue weighted by molar-refractivity contribution is -0.118. The number of benzene rings is 1. The van der Waals surface area contributed by atoms with Crippen LogP contribution in [-0.2, 0) is 4.79 Å². The van der Waals surface area contributed by atoms with Crippen LogP contribution in [-0.4, -0.2) is 45.0 Å². The average molecular weight is 354 g/mol. The van der Waals surface area contributed by atoms with Crippen LogP contribution >= 0.6 is 23.4 Å². The minimum absolute atomic E-state index is 0.0740. The summed E-state index contributed by atoms with van der Waals surface area (Å²) in [4.78, 5) is 11.8. The van der Waals surface area contributed by atoms with Crippen LogP contribution < -0.4 is 10.1 Å². The number of hydrogen-bond donors (Lipinski definition) is 1. The molecule has 122 valence electrons. The summed E-state index contributed by atoms with van der Waals surface area (Å²) in [6.45, 7) is 0.816. The third-order valence-electron chi connectivity index (χ3n) is 3.18. The molecule has 2 aromatic rings. The zero-order valence-corrected chi connectivity index (χ0v) is 13.9. The van der Waals surface area contributed by atoms with Gasteiger partial charge in [-0.2, -0.15) is 0 Å². The number of aromatic nitrogens is 4. The summed E-state index contributed by atoms with van der Waals surface area (Å²) in [5.74, 6) is 0.893. The van der Waals surface area contributed by atoms with Crippen LogP contribution in [0.25, 0.3) is 0 Å². The first kappa shape index (κ1) is 16.1. The highest BCUT2D eigenvalue weighted by Gasteiger charge is 2.28. The first-order chi connectivity index (χ1) is 11.2. The first-order valence-electron chi connectivity index (χ1n) is 7.28. The molecule has 0 saturated heterocycles. The van der Waals surface area contributed by atoms with Crippen LogP contribution in [0.5, 0.6) is 5.75 Å². The van der Waals surface area contributed by atoms with Gasteiger partial charge in [-0.05, 0) is 41.5 Å².